The molecule has 0 aromatic heterocycles. The molecular formula is C28H23N2OP. The molecule has 4 aromatic rings. The Bertz CT molecular complexity index is 1220. The average Bonchev–Trinajstić information content (AvgIpc) is 3.41. The zero-order valence-corrected chi connectivity index (χ0v) is 18.7. The van der Waals surface area contributed by atoms with E-state index in [4.69, 9.17) is 9.84 Å². The van der Waals surface area contributed by atoms with E-state index in [-0.39, 0.29) is 5.16 Å². The number of methoxy groups -OCH3 is 1. The third-order valence-electron chi connectivity index (χ3n) is 6.40. The summed E-state index contributed by atoms with van der Waals surface area (Å²) in [6.45, 7) is 0. The fourth-order valence-electron chi connectivity index (χ4n) is 4.91. The van der Waals surface area contributed by atoms with Gasteiger partial charge in [-0.25, -0.2) is 4.78 Å². The van der Waals surface area contributed by atoms with Crippen LogP contribution in [0.25, 0.3) is 0 Å². The SMILES string of the molecule is COc1ccc(C2=NN(c3ccccc3)P3C2C3(c2ccccc2)c2ccccc2)cc1. The summed E-state index contributed by atoms with van der Waals surface area (Å²) in [7, 11) is 1.09. The van der Waals surface area contributed by atoms with Crippen LogP contribution in [0.1, 0.15) is 16.7 Å². The lowest BCUT2D eigenvalue weighted by molar-refractivity contribution is 0.415. The molecule has 2 atom stereocenters. The molecule has 0 spiro atoms. The van der Waals surface area contributed by atoms with Crippen LogP contribution in [-0.2, 0) is 5.16 Å². The van der Waals surface area contributed by atoms with Crippen LogP contribution >= 0.6 is 8.07 Å². The lowest BCUT2D eigenvalue weighted by Gasteiger charge is -2.27. The molecule has 0 radical (unpaired) electrons. The van der Waals surface area contributed by atoms with Gasteiger partial charge in [-0.2, -0.15) is 5.10 Å². The second kappa shape index (κ2) is 7.62. The van der Waals surface area contributed by atoms with Gasteiger partial charge in [-0.15, -0.1) is 0 Å². The molecule has 1 fully saturated rings. The summed E-state index contributed by atoms with van der Waals surface area (Å²) in [6.07, 6.45) is 0. The van der Waals surface area contributed by atoms with E-state index in [2.05, 4.69) is 108 Å². The van der Waals surface area contributed by atoms with Crippen molar-refractivity contribution in [2.45, 2.75) is 10.8 Å². The lowest BCUT2D eigenvalue weighted by Crippen LogP contribution is -2.24. The van der Waals surface area contributed by atoms with Crippen molar-refractivity contribution in [3.63, 3.8) is 0 Å². The zero-order valence-electron chi connectivity index (χ0n) is 17.8. The largest absolute Gasteiger partial charge is 0.497 e. The van der Waals surface area contributed by atoms with Crippen molar-refractivity contribution >= 4 is 19.5 Å². The van der Waals surface area contributed by atoms with Crippen molar-refractivity contribution in [2.75, 3.05) is 11.9 Å². The Balaban J connectivity index is 1.55. The minimum atomic E-state index is -0.614. The summed E-state index contributed by atoms with van der Waals surface area (Å²) >= 11 is 0. The van der Waals surface area contributed by atoms with Gasteiger partial charge in [0.25, 0.3) is 0 Å². The molecule has 4 heteroatoms. The molecule has 2 aliphatic heterocycles. The second-order valence-electron chi connectivity index (χ2n) is 8.08. The van der Waals surface area contributed by atoms with E-state index < -0.39 is 8.07 Å². The Morgan fingerprint density at radius 3 is 1.78 bits per heavy atom. The molecule has 2 aliphatic rings. The highest BCUT2D eigenvalue weighted by Gasteiger charge is 2.74. The average molecular weight is 434 g/mol. The van der Waals surface area contributed by atoms with Crippen molar-refractivity contribution in [1.29, 1.82) is 0 Å². The van der Waals surface area contributed by atoms with Gasteiger partial charge in [-0.1, -0.05) is 78.9 Å². The Hall–Kier alpha value is -3.42. The molecule has 1 saturated heterocycles. The fourth-order valence-corrected chi connectivity index (χ4v) is 8.39. The summed E-state index contributed by atoms with van der Waals surface area (Å²) in [5.74, 6) is 0.864. The maximum absolute atomic E-state index is 5.39. The predicted molar refractivity (Wildman–Crippen MR) is 133 cm³/mol. The number of hydrazone groups is 1. The smallest absolute Gasteiger partial charge is 0.118 e. The van der Waals surface area contributed by atoms with E-state index in [1.807, 2.05) is 12.1 Å². The zero-order chi connectivity index (χ0) is 21.5. The van der Waals surface area contributed by atoms with Crippen LogP contribution in [0, 0.1) is 0 Å². The molecule has 6 rings (SSSR count). The van der Waals surface area contributed by atoms with E-state index in [0.29, 0.717) is 5.66 Å². The molecule has 4 aromatic carbocycles. The number of fused-ring (bicyclic) bond motifs is 1. The number of nitrogens with zero attached hydrogens (tertiary/aromatic N) is 2. The van der Waals surface area contributed by atoms with E-state index in [9.17, 15) is 0 Å². The monoisotopic (exact) mass is 434 g/mol. The highest BCUT2D eigenvalue weighted by atomic mass is 31.1. The Morgan fingerprint density at radius 1 is 0.719 bits per heavy atom. The third-order valence-corrected chi connectivity index (χ3v) is 9.47. The van der Waals surface area contributed by atoms with Crippen LogP contribution < -0.4 is 9.52 Å². The van der Waals surface area contributed by atoms with Crippen LogP contribution in [-0.4, -0.2) is 18.5 Å². The molecule has 156 valence electrons. The van der Waals surface area contributed by atoms with E-state index in [0.717, 1.165) is 22.7 Å². The highest BCUT2D eigenvalue weighted by Crippen LogP contribution is 2.87. The topological polar surface area (TPSA) is 24.8 Å². The van der Waals surface area contributed by atoms with Gasteiger partial charge in [-0.3, -0.25) is 0 Å². The van der Waals surface area contributed by atoms with Gasteiger partial charge in [0.2, 0.25) is 0 Å². The molecule has 0 bridgehead atoms. The summed E-state index contributed by atoms with van der Waals surface area (Å²) in [5, 5.41) is 5.12. The van der Waals surface area contributed by atoms with E-state index in [1.165, 1.54) is 11.1 Å². The van der Waals surface area contributed by atoms with Crippen molar-refractivity contribution in [2.24, 2.45) is 5.10 Å². The minimum absolute atomic E-state index is 0.0787. The number of hydrogen-bond donors (Lipinski definition) is 0. The molecular weight excluding hydrogens is 411 g/mol. The summed E-state index contributed by atoms with van der Waals surface area (Å²) < 4.78 is 7.70. The van der Waals surface area contributed by atoms with Crippen molar-refractivity contribution < 1.29 is 4.74 Å². The molecule has 32 heavy (non-hydrogen) atoms. The van der Waals surface area contributed by atoms with E-state index in [1.54, 1.807) is 7.11 Å². The number of para-hydroxylation sites is 1. The third kappa shape index (κ3) is 2.82. The molecule has 0 saturated carbocycles. The number of hydrogen-bond acceptors (Lipinski definition) is 3. The number of ether oxygens (including phenoxy) is 1. The van der Waals surface area contributed by atoms with Gasteiger partial charge in [0, 0.05) is 8.07 Å². The summed E-state index contributed by atoms with van der Waals surface area (Å²) in [4.78, 5) is 0. The summed E-state index contributed by atoms with van der Waals surface area (Å²) in [5.41, 5.74) is 6.54. The molecule has 0 aliphatic carbocycles. The Labute approximate surface area is 189 Å². The first-order valence-corrected chi connectivity index (χ1v) is 12.2. The van der Waals surface area contributed by atoms with Gasteiger partial charge >= 0.3 is 0 Å². The van der Waals surface area contributed by atoms with Crippen LogP contribution in [0.3, 0.4) is 0 Å². The molecule has 0 N–H and O–H groups in total. The van der Waals surface area contributed by atoms with Crippen LogP contribution in [0.15, 0.2) is 120 Å². The molecule has 2 unspecified atom stereocenters. The normalized spacial score (nSPS) is 20.4. The van der Waals surface area contributed by atoms with E-state index >= 15 is 0 Å². The molecule has 0 amide bonds. The number of anilines is 1. The highest BCUT2D eigenvalue weighted by molar-refractivity contribution is 7.71. The quantitative estimate of drug-likeness (QED) is 0.329. The van der Waals surface area contributed by atoms with Gasteiger partial charge < -0.3 is 4.74 Å². The van der Waals surface area contributed by atoms with Crippen molar-refractivity contribution in [1.82, 2.24) is 0 Å². The molecule has 2 heterocycles. The Kier molecular flexibility index (Phi) is 4.59. The second-order valence-corrected chi connectivity index (χ2v) is 10.4. The number of benzene rings is 4. The van der Waals surface area contributed by atoms with Crippen LogP contribution in [0.2, 0.25) is 0 Å². The Morgan fingerprint density at radius 2 is 1.25 bits per heavy atom. The van der Waals surface area contributed by atoms with Crippen molar-refractivity contribution in [3.8, 4) is 5.75 Å². The first-order chi connectivity index (χ1) is 15.8. The van der Waals surface area contributed by atoms with Crippen LogP contribution in [0.4, 0.5) is 5.69 Å². The first-order valence-electron chi connectivity index (χ1n) is 10.8. The predicted octanol–water partition coefficient (Wildman–Crippen LogP) is 6.64. The van der Waals surface area contributed by atoms with Crippen LogP contribution in [0.5, 0.6) is 5.75 Å². The van der Waals surface area contributed by atoms with Gasteiger partial charge in [0.15, 0.2) is 0 Å². The van der Waals surface area contributed by atoms with Crippen molar-refractivity contribution in [3.05, 3.63) is 132 Å². The van der Waals surface area contributed by atoms with Gasteiger partial charge in [-0.05, 0) is 53.1 Å². The fraction of sp³-hybridized carbons (Fsp3) is 0.107. The number of rotatable bonds is 5. The summed E-state index contributed by atoms with van der Waals surface area (Å²) in [6, 6.07) is 40.8. The first kappa shape index (κ1) is 19.3. The van der Waals surface area contributed by atoms with Gasteiger partial charge in [0.05, 0.1) is 29.3 Å². The van der Waals surface area contributed by atoms with Gasteiger partial charge in [0.1, 0.15) is 5.75 Å². The molecule has 3 nitrogen and oxygen atoms in total. The maximum Gasteiger partial charge on any atom is 0.118 e. The maximum atomic E-state index is 5.39. The minimum Gasteiger partial charge on any atom is -0.497 e. The lowest BCUT2D eigenvalue weighted by atomic mass is 9.85. The standard InChI is InChI=1S/C28H23N2OP/c1-31-25-19-17-21(18-20-25)26-27-28(22-11-5-2-6-12-22,23-13-7-3-8-14-23)32(27)30(29-26)24-15-9-4-10-16-24/h2-20,27H,1H3.